The second-order valence-electron chi connectivity index (χ2n) is 5.34. The Labute approximate surface area is 92.2 Å². The minimum atomic E-state index is 0.299. The second-order valence-corrected chi connectivity index (χ2v) is 5.34. The van der Waals surface area contributed by atoms with Crippen LogP contribution in [0, 0.1) is 11.8 Å². The summed E-state index contributed by atoms with van der Waals surface area (Å²) >= 11 is 0. The van der Waals surface area contributed by atoms with Crippen molar-refractivity contribution in [3.05, 3.63) is 0 Å². The summed E-state index contributed by atoms with van der Waals surface area (Å²) in [5.41, 5.74) is 0. The zero-order valence-corrected chi connectivity index (χ0v) is 9.83. The van der Waals surface area contributed by atoms with E-state index in [0.29, 0.717) is 18.5 Å². The minimum Gasteiger partial charge on any atom is -0.337 e. The van der Waals surface area contributed by atoms with E-state index in [1.807, 2.05) is 0 Å². The van der Waals surface area contributed by atoms with Crippen LogP contribution >= 0.6 is 0 Å². The Morgan fingerprint density at radius 1 is 1.20 bits per heavy atom. The SMILES string of the molecule is CC1CC(C)CC(N2CCNCC2=O)C1. The fourth-order valence-corrected chi connectivity index (χ4v) is 3.17. The summed E-state index contributed by atoms with van der Waals surface area (Å²) in [6.45, 7) is 7.04. The van der Waals surface area contributed by atoms with Crippen LogP contribution in [0.3, 0.4) is 0 Å². The number of rotatable bonds is 1. The molecule has 0 aromatic heterocycles. The van der Waals surface area contributed by atoms with Crippen molar-refractivity contribution in [1.82, 2.24) is 10.2 Å². The van der Waals surface area contributed by atoms with Gasteiger partial charge in [-0.05, 0) is 31.1 Å². The molecule has 1 aliphatic carbocycles. The standard InChI is InChI=1S/C12H22N2O/c1-9-5-10(2)7-11(6-9)14-4-3-13-8-12(14)15/h9-11,13H,3-8H2,1-2H3. The van der Waals surface area contributed by atoms with Gasteiger partial charge in [-0.15, -0.1) is 0 Å². The van der Waals surface area contributed by atoms with Crippen LogP contribution in [0.15, 0.2) is 0 Å². The van der Waals surface area contributed by atoms with Crippen molar-refractivity contribution >= 4 is 5.91 Å². The summed E-state index contributed by atoms with van der Waals surface area (Å²) in [4.78, 5) is 13.9. The van der Waals surface area contributed by atoms with Crippen molar-refractivity contribution in [2.45, 2.75) is 39.2 Å². The van der Waals surface area contributed by atoms with Crippen LogP contribution in [0.1, 0.15) is 33.1 Å². The number of carbonyl (C=O) groups excluding carboxylic acids is 1. The fourth-order valence-electron chi connectivity index (χ4n) is 3.17. The smallest absolute Gasteiger partial charge is 0.236 e. The molecular weight excluding hydrogens is 188 g/mol. The summed E-state index contributed by atoms with van der Waals surface area (Å²) < 4.78 is 0. The molecular formula is C12H22N2O. The number of amides is 1. The van der Waals surface area contributed by atoms with E-state index in [1.54, 1.807) is 0 Å². The predicted octanol–water partition coefficient (Wildman–Crippen LogP) is 1.24. The Kier molecular flexibility index (Phi) is 3.29. The first-order chi connectivity index (χ1) is 7.16. The molecule has 0 aromatic carbocycles. The quantitative estimate of drug-likeness (QED) is 0.706. The van der Waals surface area contributed by atoms with E-state index in [0.717, 1.165) is 24.9 Å². The fraction of sp³-hybridized carbons (Fsp3) is 0.917. The molecule has 2 rings (SSSR count). The maximum Gasteiger partial charge on any atom is 0.236 e. The average Bonchev–Trinajstić information content (AvgIpc) is 2.16. The molecule has 3 nitrogen and oxygen atoms in total. The molecule has 1 saturated carbocycles. The lowest BCUT2D eigenvalue weighted by Gasteiger charge is -2.41. The zero-order chi connectivity index (χ0) is 10.8. The maximum absolute atomic E-state index is 11.8. The first-order valence-corrected chi connectivity index (χ1v) is 6.17. The summed E-state index contributed by atoms with van der Waals surface area (Å²) in [7, 11) is 0. The van der Waals surface area contributed by atoms with Gasteiger partial charge in [0.15, 0.2) is 0 Å². The number of hydrogen-bond donors (Lipinski definition) is 1. The van der Waals surface area contributed by atoms with Crippen LogP contribution in [0.4, 0.5) is 0 Å². The van der Waals surface area contributed by atoms with Crippen molar-refractivity contribution in [2.75, 3.05) is 19.6 Å². The Balaban J connectivity index is 1.99. The van der Waals surface area contributed by atoms with Crippen molar-refractivity contribution in [2.24, 2.45) is 11.8 Å². The molecule has 2 fully saturated rings. The van der Waals surface area contributed by atoms with E-state index in [-0.39, 0.29) is 0 Å². The number of piperazine rings is 1. The topological polar surface area (TPSA) is 32.3 Å². The van der Waals surface area contributed by atoms with Crippen molar-refractivity contribution < 1.29 is 4.79 Å². The average molecular weight is 210 g/mol. The van der Waals surface area contributed by atoms with Crippen LogP contribution in [0.25, 0.3) is 0 Å². The molecule has 0 aromatic rings. The third-order valence-corrected chi connectivity index (χ3v) is 3.72. The Hall–Kier alpha value is -0.570. The molecule has 1 saturated heterocycles. The Bertz CT molecular complexity index is 232. The third kappa shape index (κ3) is 2.51. The normalized spacial score (nSPS) is 38.1. The molecule has 1 amide bonds. The highest BCUT2D eigenvalue weighted by Gasteiger charge is 2.31. The molecule has 3 heteroatoms. The van der Waals surface area contributed by atoms with Gasteiger partial charge in [0.25, 0.3) is 0 Å². The summed E-state index contributed by atoms with van der Waals surface area (Å²) in [6.07, 6.45) is 3.74. The van der Waals surface area contributed by atoms with E-state index in [1.165, 1.54) is 19.3 Å². The van der Waals surface area contributed by atoms with Gasteiger partial charge in [-0.1, -0.05) is 13.8 Å². The van der Waals surface area contributed by atoms with Crippen molar-refractivity contribution in [3.8, 4) is 0 Å². The van der Waals surface area contributed by atoms with Gasteiger partial charge in [0.05, 0.1) is 6.54 Å². The highest BCUT2D eigenvalue weighted by atomic mass is 16.2. The van der Waals surface area contributed by atoms with Crippen molar-refractivity contribution in [3.63, 3.8) is 0 Å². The van der Waals surface area contributed by atoms with Crippen LogP contribution in [-0.4, -0.2) is 36.5 Å². The highest BCUT2D eigenvalue weighted by Crippen LogP contribution is 2.31. The Morgan fingerprint density at radius 2 is 1.87 bits per heavy atom. The van der Waals surface area contributed by atoms with Crippen molar-refractivity contribution in [1.29, 1.82) is 0 Å². The Morgan fingerprint density at radius 3 is 2.47 bits per heavy atom. The van der Waals surface area contributed by atoms with E-state index in [4.69, 9.17) is 0 Å². The van der Waals surface area contributed by atoms with Gasteiger partial charge in [0.2, 0.25) is 5.91 Å². The number of nitrogens with zero attached hydrogens (tertiary/aromatic N) is 1. The molecule has 15 heavy (non-hydrogen) atoms. The molecule has 1 aliphatic heterocycles. The van der Waals surface area contributed by atoms with Gasteiger partial charge in [-0.2, -0.15) is 0 Å². The zero-order valence-electron chi connectivity index (χ0n) is 9.83. The number of nitrogens with one attached hydrogen (secondary N) is 1. The molecule has 2 atom stereocenters. The summed E-state index contributed by atoms with van der Waals surface area (Å²) in [5.74, 6) is 1.86. The van der Waals surface area contributed by atoms with Gasteiger partial charge in [0, 0.05) is 19.1 Å². The predicted molar refractivity (Wildman–Crippen MR) is 60.5 cm³/mol. The van der Waals surface area contributed by atoms with Crippen LogP contribution < -0.4 is 5.32 Å². The van der Waals surface area contributed by atoms with Crippen LogP contribution in [-0.2, 0) is 4.79 Å². The third-order valence-electron chi connectivity index (χ3n) is 3.72. The summed E-state index contributed by atoms with van der Waals surface area (Å²) in [6, 6.07) is 0.512. The van der Waals surface area contributed by atoms with E-state index >= 15 is 0 Å². The molecule has 0 bridgehead atoms. The lowest BCUT2D eigenvalue weighted by molar-refractivity contribution is -0.135. The van der Waals surface area contributed by atoms with E-state index < -0.39 is 0 Å². The van der Waals surface area contributed by atoms with Gasteiger partial charge < -0.3 is 10.2 Å². The molecule has 1 heterocycles. The summed E-state index contributed by atoms with van der Waals surface area (Å²) in [5, 5.41) is 3.13. The van der Waals surface area contributed by atoms with Crippen LogP contribution in [0.2, 0.25) is 0 Å². The van der Waals surface area contributed by atoms with Crippen LogP contribution in [0.5, 0.6) is 0 Å². The molecule has 2 unspecified atom stereocenters. The van der Waals surface area contributed by atoms with Gasteiger partial charge in [-0.25, -0.2) is 0 Å². The lowest BCUT2D eigenvalue weighted by Crippen LogP contribution is -2.53. The lowest BCUT2D eigenvalue weighted by atomic mass is 9.79. The second kappa shape index (κ2) is 4.52. The molecule has 0 radical (unpaired) electrons. The molecule has 1 N–H and O–H groups in total. The first kappa shape index (κ1) is 10.9. The molecule has 0 spiro atoms. The number of hydrogen-bond acceptors (Lipinski definition) is 2. The first-order valence-electron chi connectivity index (χ1n) is 6.17. The van der Waals surface area contributed by atoms with Gasteiger partial charge in [-0.3, -0.25) is 4.79 Å². The van der Waals surface area contributed by atoms with Gasteiger partial charge in [0.1, 0.15) is 0 Å². The maximum atomic E-state index is 11.8. The number of carbonyl (C=O) groups is 1. The highest BCUT2D eigenvalue weighted by molar-refractivity contribution is 5.79. The largest absolute Gasteiger partial charge is 0.337 e. The molecule has 86 valence electrons. The minimum absolute atomic E-state index is 0.299. The monoisotopic (exact) mass is 210 g/mol. The van der Waals surface area contributed by atoms with E-state index in [9.17, 15) is 4.79 Å². The van der Waals surface area contributed by atoms with Gasteiger partial charge >= 0.3 is 0 Å². The molecule has 2 aliphatic rings. The van der Waals surface area contributed by atoms with E-state index in [2.05, 4.69) is 24.1 Å².